The first-order valence-electron chi connectivity index (χ1n) is 10.0. The summed E-state index contributed by atoms with van der Waals surface area (Å²) in [6, 6.07) is 1.72. The highest BCUT2D eigenvalue weighted by Crippen LogP contribution is 2.30. The Morgan fingerprint density at radius 2 is 2.27 bits per heavy atom. The lowest BCUT2D eigenvalue weighted by molar-refractivity contribution is -0.129. The van der Waals surface area contributed by atoms with Crippen molar-refractivity contribution in [2.75, 3.05) is 11.9 Å². The van der Waals surface area contributed by atoms with Crippen LogP contribution >= 0.6 is 11.3 Å². The summed E-state index contributed by atoms with van der Waals surface area (Å²) in [7, 11) is 0. The number of hydrogen-bond acceptors (Lipinski definition) is 8. The molecule has 0 aliphatic carbocycles. The molecule has 4 rings (SSSR count). The van der Waals surface area contributed by atoms with Gasteiger partial charge in [-0.15, -0.1) is 10.2 Å². The quantitative estimate of drug-likeness (QED) is 0.583. The van der Waals surface area contributed by atoms with Gasteiger partial charge in [0.05, 0.1) is 24.3 Å². The average Bonchev–Trinajstić information content (AvgIpc) is 3.43. The Balaban J connectivity index is 1.55. The maximum absolute atomic E-state index is 12.9. The van der Waals surface area contributed by atoms with Crippen molar-refractivity contribution in [2.24, 2.45) is 0 Å². The van der Waals surface area contributed by atoms with Crippen LogP contribution in [0.1, 0.15) is 54.4 Å². The number of carbonyl (C=O) groups is 1. The number of rotatable bonds is 6. The first-order chi connectivity index (χ1) is 14.6. The van der Waals surface area contributed by atoms with E-state index >= 15 is 0 Å². The molecular formula is C20H24N8OS. The van der Waals surface area contributed by atoms with E-state index in [1.165, 1.54) is 11.3 Å². The van der Waals surface area contributed by atoms with Crippen LogP contribution in [0.2, 0.25) is 0 Å². The molecule has 3 aromatic rings. The van der Waals surface area contributed by atoms with Gasteiger partial charge in [-0.3, -0.25) is 4.79 Å². The fourth-order valence-corrected chi connectivity index (χ4v) is 4.13. The first-order valence-corrected chi connectivity index (χ1v) is 10.9. The molecule has 0 radical (unpaired) electrons. The molecule has 0 spiro atoms. The Morgan fingerprint density at radius 1 is 1.37 bits per heavy atom. The second kappa shape index (κ2) is 9.12. The van der Waals surface area contributed by atoms with Gasteiger partial charge in [0.2, 0.25) is 11.0 Å². The number of piperidine rings is 1. The van der Waals surface area contributed by atoms with Gasteiger partial charge < -0.3 is 15.2 Å². The number of nitrogens with zero attached hydrogens (tertiary/aromatic N) is 6. The Labute approximate surface area is 178 Å². The van der Waals surface area contributed by atoms with E-state index in [2.05, 4.69) is 30.5 Å². The number of amides is 1. The predicted molar refractivity (Wildman–Crippen MR) is 115 cm³/mol. The maximum atomic E-state index is 12.9. The van der Waals surface area contributed by atoms with E-state index in [0.717, 1.165) is 42.1 Å². The van der Waals surface area contributed by atoms with Crippen molar-refractivity contribution in [3.05, 3.63) is 46.9 Å². The number of hydrogen-bond donors (Lipinski definition) is 2. The van der Waals surface area contributed by atoms with E-state index < -0.39 is 0 Å². The monoisotopic (exact) mass is 424 g/mol. The molecule has 0 aromatic carbocycles. The standard InChI is InChI=1S/C20H24N8OS/c1-3-17-26-27-20(30-17)25-16-10-13(2)23-19(24-16)15-6-4-5-9-28(15)18(29)8-7-14-11-21-12-22-14/h7-8,10-12,15H,3-6,9H2,1-2H3,(H,21,22)(H,23,24,25,27)/b8-7+/t15-/m0/s1. The molecule has 1 saturated heterocycles. The lowest BCUT2D eigenvalue weighted by Gasteiger charge is -2.34. The Bertz CT molecular complexity index is 1030. The zero-order valence-electron chi connectivity index (χ0n) is 17.0. The third kappa shape index (κ3) is 4.70. The van der Waals surface area contributed by atoms with Crippen molar-refractivity contribution in [3.8, 4) is 0 Å². The highest BCUT2D eigenvalue weighted by atomic mass is 32.1. The van der Waals surface area contributed by atoms with E-state index in [4.69, 9.17) is 4.98 Å². The average molecular weight is 425 g/mol. The smallest absolute Gasteiger partial charge is 0.247 e. The Kier molecular flexibility index (Phi) is 6.12. The number of H-pyrrole nitrogens is 1. The molecule has 0 unspecified atom stereocenters. The normalized spacial score (nSPS) is 16.9. The van der Waals surface area contributed by atoms with Gasteiger partial charge in [-0.2, -0.15) is 0 Å². The zero-order chi connectivity index (χ0) is 20.9. The van der Waals surface area contributed by atoms with Crippen molar-refractivity contribution >= 4 is 34.3 Å². The van der Waals surface area contributed by atoms with Gasteiger partial charge in [0, 0.05) is 24.4 Å². The topological polar surface area (TPSA) is 113 Å². The van der Waals surface area contributed by atoms with Crippen molar-refractivity contribution in [1.82, 2.24) is 35.0 Å². The number of imidazole rings is 1. The largest absolute Gasteiger partial charge is 0.345 e. The van der Waals surface area contributed by atoms with Crippen molar-refractivity contribution in [2.45, 2.75) is 45.6 Å². The van der Waals surface area contributed by atoms with Crippen LogP contribution in [0.4, 0.5) is 10.9 Å². The summed E-state index contributed by atoms with van der Waals surface area (Å²) in [4.78, 5) is 31.0. The molecule has 3 aromatic heterocycles. The van der Waals surface area contributed by atoms with Crippen molar-refractivity contribution < 1.29 is 4.79 Å². The molecule has 0 saturated carbocycles. The first kappa shape index (κ1) is 20.1. The summed E-state index contributed by atoms with van der Waals surface area (Å²) in [5.74, 6) is 1.27. The Hall–Kier alpha value is -3.14. The predicted octanol–water partition coefficient (Wildman–Crippen LogP) is 3.43. The van der Waals surface area contributed by atoms with E-state index in [1.807, 2.05) is 24.8 Å². The van der Waals surface area contributed by atoms with Crippen LogP contribution < -0.4 is 5.32 Å². The molecule has 9 nitrogen and oxygen atoms in total. The molecule has 1 aliphatic rings. The fraction of sp³-hybridized carbons (Fsp3) is 0.400. The summed E-state index contributed by atoms with van der Waals surface area (Å²) in [5.41, 5.74) is 1.63. The zero-order valence-corrected chi connectivity index (χ0v) is 17.8. The SMILES string of the molecule is CCc1nnc(Nc2cc(C)nc([C@@H]3CCCCN3C(=O)/C=C/c3cnc[nH]3)n2)s1. The number of nitrogens with one attached hydrogen (secondary N) is 2. The van der Waals surface area contributed by atoms with Crippen LogP contribution in [-0.4, -0.2) is 47.5 Å². The summed E-state index contributed by atoms with van der Waals surface area (Å²) >= 11 is 1.51. The molecule has 2 N–H and O–H groups in total. The number of anilines is 2. The van der Waals surface area contributed by atoms with Crippen LogP contribution in [0.15, 0.2) is 24.7 Å². The lowest BCUT2D eigenvalue weighted by Crippen LogP contribution is -2.38. The van der Waals surface area contributed by atoms with Crippen molar-refractivity contribution in [3.63, 3.8) is 0 Å². The highest BCUT2D eigenvalue weighted by Gasteiger charge is 2.29. The second-order valence-electron chi connectivity index (χ2n) is 7.12. The van der Waals surface area contributed by atoms with Crippen molar-refractivity contribution in [1.29, 1.82) is 0 Å². The van der Waals surface area contributed by atoms with Gasteiger partial charge in [0.25, 0.3) is 0 Å². The highest BCUT2D eigenvalue weighted by molar-refractivity contribution is 7.15. The third-order valence-corrected chi connectivity index (χ3v) is 5.87. The molecule has 10 heteroatoms. The molecule has 156 valence electrons. The van der Waals surface area contributed by atoms with E-state index in [9.17, 15) is 4.79 Å². The van der Waals surface area contributed by atoms with Gasteiger partial charge in [0.1, 0.15) is 10.8 Å². The number of carbonyl (C=O) groups excluding carboxylic acids is 1. The minimum atomic E-state index is -0.154. The summed E-state index contributed by atoms with van der Waals surface area (Å²) in [5, 5.41) is 13.2. The molecule has 30 heavy (non-hydrogen) atoms. The molecule has 0 bridgehead atoms. The second-order valence-corrected chi connectivity index (χ2v) is 8.18. The number of aryl methyl sites for hydroxylation is 2. The lowest BCUT2D eigenvalue weighted by atomic mass is 10.0. The summed E-state index contributed by atoms with van der Waals surface area (Å²) < 4.78 is 0. The van der Waals surface area contributed by atoms with Crippen LogP contribution in [0, 0.1) is 6.92 Å². The van der Waals surface area contributed by atoms with Gasteiger partial charge in [-0.05, 0) is 38.7 Å². The van der Waals surface area contributed by atoms with Gasteiger partial charge >= 0.3 is 0 Å². The van der Waals surface area contributed by atoms with Gasteiger partial charge in [0.15, 0.2) is 5.82 Å². The number of aromatic nitrogens is 6. The Morgan fingerprint density at radius 3 is 3.03 bits per heavy atom. The fourth-order valence-electron chi connectivity index (χ4n) is 3.44. The third-order valence-electron chi connectivity index (χ3n) is 4.88. The molecule has 1 aliphatic heterocycles. The van der Waals surface area contributed by atoms with E-state index in [-0.39, 0.29) is 11.9 Å². The van der Waals surface area contributed by atoms with E-state index in [1.54, 1.807) is 24.7 Å². The van der Waals surface area contributed by atoms with Crippen LogP contribution in [0.5, 0.6) is 0 Å². The minimum absolute atomic E-state index is 0.0503. The number of aromatic amines is 1. The van der Waals surface area contributed by atoms with Crippen LogP contribution in [0.25, 0.3) is 6.08 Å². The van der Waals surface area contributed by atoms with E-state index in [0.29, 0.717) is 23.3 Å². The van der Waals surface area contributed by atoms with Gasteiger partial charge in [-0.25, -0.2) is 15.0 Å². The summed E-state index contributed by atoms with van der Waals surface area (Å²) in [6.07, 6.45) is 10.3. The summed E-state index contributed by atoms with van der Waals surface area (Å²) in [6.45, 7) is 4.67. The molecule has 1 amide bonds. The molecule has 1 fully saturated rings. The molecule has 4 heterocycles. The molecule has 1 atom stereocenters. The number of likely N-dealkylation sites (tertiary alicyclic amines) is 1. The maximum Gasteiger partial charge on any atom is 0.247 e. The molecular weight excluding hydrogens is 400 g/mol. The van der Waals surface area contributed by atoms with Crippen LogP contribution in [-0.2, 0) is 11.2 Å². The minimum Gasteiger partial charge on any atom is -0.345 e. The van der Waals surface area contributed by atoms with Gasteiger partial charge in [-0.1, -0.05) is 18.3 Å². The van der Waals surface area contributed by atoms with Crippen LogP contribution in [0.3, 0.4) is 0 Å².